The predicted molar refractivity (Wildman–Crippen MR) is 204 cm³/mol. The standard InChI is InChI=1S/C38H51N2PS.C2H6/c1-8-16-35(42)20-15-10-12-17-28(3)25-30(5)36(32(7)39-37(9-2)34-18-13-11-14-19-34)23-21-29(4)26-33-22-24-38(40-41)31(6)27-33;1-2/h11,13-14,18-19,21-24,27,37,39,41H,3-5,8-10,12,15-17,20,25-26H2,1-2,6-7H3;1-2H3/b23-21-,36-32-;. The normalized spacial score (nSPS) is 12.0. The zero-order valence-electron chi connectivity index (χ0n) is 28.4. The minimum atomic E-state index is 0.230. The van der Waals surface area contributed by atoms with Gasteiger partial charge in [-0.3, -0.25) is 0 Å². The number of aryl methyl sites for hydroxylation is 1. The largest absolute Gasteiger partial charge is 0.381 e. The molecular weight excluding hydrogens is 571 g/mol. The molecule has 1 N–H and O–H groups in total. The summed E-state index contributed by atoms with van der Waals surface area (Å²) in [6, 6.07) is 17.2. The molecule has 2 aromatic rings. The first-order chi connectivity index (χ1) is 21.2. The van der Waals surface area contributed by atoms with Crippen molar-refractivity contribution in [1.29, 1.82) is 0 Å². The van der Waals surface area contributed by atoms with Gasteiger partial charge in [0.1, 0.15) is 0 Å². The molecule has 1 atom stereocenters. The van der Waals surface area contributed by atoms with Gasteiger partial charge in [0, 0.05) is 5.70 Å². The maximum absolute atomic E-state index is 5.47. The van der Waals surface area contributed by atoms with Gasteiger partial charge < -0.3 is 5.32 Å². The summed E-state index contributed by atoms with van der Waals surface area (Å²) < 4.78 is 4.14. The van der Waals surface area contributed by atoms with Crippen molar-refractivity contribution in [2.75, 3.05) is 0 Å². The fraction of sp³-hybridized carbons (Fsp3) is 0.425. The van der Waals surface area contributed by atoms with Crippen LogP contribution in [-0.4, -0.2) is 4.86 Å². The van der Waals surface area contributed by atoms with E-state index in [9.17, 15) is 0 Å². The number of allylic oxidation sites excluding steroid dienone is 7. The van der Waals surface area contributed by atoms with Gasteiger partial charge in [-0.25, -0.2) is 4.74 Å². The van der Waals surface area contributed by atoms with Gasteiger partial charge in [0.2, 0.25) is 0 Å². The Bertz CT molecular complexity index is 1290. The summed E-state index contributed by atoms with van der Waals surface area (Å²) in [6.07, 6.45) is 14.7. The summed E-state index contributed by atoms with van der Waals surface area (Å²) in [4.78, 5) is 1.22. The van der Waals surface area contributed by atoms with E-state index in [-0.39, 0.29) is 6.04 Å². The molecule has 0 aliphatic heterocycles. The van der Waals surface area contributed by atoms with Crippen molar-refractivity contribution in [2.45, 2.75) is 112 Å². The monoisotopic (exact) mass is 628 g/mol. The van der Waals surface area contributed by atoms with Gasteiger partial charge in [0.05, 0.1) is 11.7 Å². The van der Waals surface area contributed by atoms with Crippen molar-refractivity contribution < 1.29 is 0 Å². The maximum Gasteiger partial charge on any atom is 0.0701 e. The third-order valence-electron chi connectivity index (χ3n) is 7.56. The molecule has 1 unspecified atom stereocenters. The highest BCUT2D eigenvalue weighted by molar-refractivity contribution is 7.80. The van der Waals surface area contributed by atoms with Gasteiger partial charge >= 0.3 is 0 Å². The number of rotatable bonds is 20. The lowest BCUT2D eigenvalue weighted by Crippen LogP contribution is -2.20. The molecule has 2 aromatic carbocycles. The van der Waals surface area contributed by atoms with Crippen molar-refractivity contribution in [3.05, 3.63) is 125 Å². The minimum Gasteiger partial charge on any atom is -0.381 e. The Morgan fingerprint density at radius 3 is 2.25 bits per heavy atom. The molecule has 0 amide bonds. The van der Waals surface area contributed by atoms with Crippen LogP contribution in [0.3, 0.4) is 0 Å². The quantitative estimate of drug-likeness (QED) is 0.0519. The van der Waals surface area contributed by atoms with Crippen LogP contribution in [0, 0.1) is 6.92 Å². The number of hydrogen-bond acceptors (Lipinski definition) is 3. The highest BCUT2D eigenvalue weighted by Crippen LogP contribution is 2.27. The van der Waals surface area contributed by atoms with Crippen LogP contribution in [0.4, 0.5) is 5.69 Å². The maximum atomic E-state index is 5.47. The molecule has 4 heteroatoms. The van der Waals surface area contributed by atoms with Gasteiger partial charge in [-0.2, -0.15) is 0 Å². The SMILES string of the molecule is C=C(/C=C\C(C(=C)CC(=C)CCCCCC(=S)CCC)=C(/C)NC(CC)c1ccccc1)Cc1ccc(N=P)c(C)c1.CC. The van der Waals surface area contributed by atoms with Gasteiger partial charge in [-0.15, -0.1) is 0 Å². The third kappa shape index (κ3) is 14.7. The lowest BCUT2D eigenvalue weighted by atomic mass is 9.94. The molecule has 0 heterocycles. The van der Waals surface area contributed by atoms with Crippen molar-refractivity contribution in [3.63, 3.8) is 0 Å². The molecule has 0 saturated heterocycles. The van der Waals surface area contributed by atoms with E-state index in [0.29, 0.717) is 0 Å². The van der Waals surface area contributed by atoms with Gasteiger partial charge in [0.25, 0.3) is 0 Å². The van der Waals surface area contributed by atoms with E-state index in [1.54, 1.807) is 0 Å². The Kier molecular flexibility index (Phi) is 20.1. The second-order valence-corrected chi connectivity index (χ2v) is 12.1. The molecule has 44 heavy (non-hydrogen) atoms. The van der Waals surface area contributed by atoms with Crippen LogP contribution in [0.5, 0.6) is 0 Å². The smallest absolute Gasteiger partial charge is 0.0701 e. The number of benzene rings is 2. The molecule has 2 nitrogen and oxygen atoms in total. The molecule has 2 rings (SSSR count). The number of nitrogens with zero attached hydrogens (tertiary/aromatic N) is 1. The molecule has 0 spiro atoms. The number of unbranched alkanes of at least 4 members (excludes halogenated alkanes) is 2. The van der Waals surface area contributed by atoms with E-state index in [1.165, 1.54) is 34.4 Å². The van der Waals surface area contributed by atoms with Crippen LogP contribution >= 0.6 is 21.2 Å². The molecule has 238 valence electrons. The first-order valence-corrected chi connectivity index (χ1v) is 17.3. The first kappa shape index (κ1) is 39.2. The zero-order valence-corrected chi connectivity index (χ0v) is 30.2. The van der Waals surface area contributed by atoms with Crippen LogP contribution in [-0.2, 0) is 6.42 Å². The second kappa shape index (κ2) is 22.6. The van der Waals surface area contributed by atoms with Crippen LogP contribution in [0.25, 0.3) is 0 Å². The predicted octanol–water partition coefficient (Wildman–Crippen LogP) is 13.3. The molecular formula is C40H57N2PS. The van der Waals surface area contributed by atoms with E-state index < -0.39 is 0 Å². The van der Waals surface area contributed by atoms with Crippen molar-refractivity contribution in [1.82, 2.24) is 5.32 Å². The zero-order chi connectivity index (χ0) is 32.9. The van der Waals surface area contributed by atoms with Gasteiger partial charge in [-0.05, 0) is 113 Å². The Hall–Kier alpha value is -2.87. The Balaban J connectivity index is 0.00000474. The Morgan fingerprint density at radius 2 is 1.64 bits per heavy atom. The van der Waals surface area contributed by atoms with E-state index in [4.69, 9.17) is 12.2 Å². The second-order valence-electron chi connectivity index (χ2n) is 11.3. The lowest BCUT2D eigenvalue weighted by molar-refractivity contribution is 0.577. The highest BCUT2D eigenvalue weighted by atomic mass is 32.1. The molecule has 0 radical (unpaired) electrons. The first-order valence-electron chi connectivity index (χ1n) is 16.4. The van der Waals surface area contributed by atoms with Crippen LogP contribution in [0.2, 0.25) is 0 Å². The van der Waals surface area contributed by atoms with Crippen LogP contribution in [0.15, 0.2) is 113 Å². The average Bonchev–Trinajstić information content (AvgIpc) is 3.01. The average molecular weight is 629 g/mol. The highest BCUT2D eigenvalue weighted by Gasteiger charge is 2.13. The molecule has 0 saturated carbocycles. The molecule has 0 fully saturated rings. The van der Waals surface area contributed by atoms with Crippen molar-refractivity contribution >= 4 is 31.8 Å². The lowest BCUT2D eigenvalue weighted by Gasteiger charge is -2.22. The molecule has 0 aliphatic carbocycles. The van der Waals surface area contributed by atoms with E-state index in [0.717, 1.165) is 85.0 Å². The number of nitrogens with one attached hydrogen (secondary N) is 1. The number of hydrogen-bond donors (Lipinski definition) is 1. The van der Waals surface area contributed by atoms with Crippen LogP contribution in [0.1, 0.15) is 115 Å². The summed E-state index contributed by atoms with van der Waals surface area (Å²) in [5.74, 6) is 0. The van der Waals surface area contributed by atoms with Crippen LogP contribution < -0.4 is 5.32 Å². The Morgan fingerprint density at radius 1 is 0.955 bits per heavy atom. The van der Waals surface area contributed by atoms with E-state index in [1.807, 2.05) is 19.9 Å². The van der Waals surface area contributed by atoms with E-state index in [2.05, 4.69) is 121 Å². The third-order valence-corrected chi connectivity index (χ3v) is 8.21. The summed E-state index contributed by atoms with van der Waals surface area (Å²) in [5.41, 5.74) is 10.2. The summed E-state index contributed by atoms with van der Waals surface area (Å²) >= 11 is 5.47. The molecule has 0 bridgehead atoms. The summed E-state index contributed by atoms with van der Waals surface area (Å²) in [6.45, 7) is 26.0. The fourth-order valence-electron chi connectivity index (χ4n) is 5.19. The fourth-order valence-corrected chi connectivity index (χ4v) is 5.79. The Labute approximate surface area is 277 Å². The van der Waals surface area contributed by atoms with Crippen molar-refractivity contribution in [2.24, 2.45) is 4.74 Å². The minimum absolute atomic E-state index is 0.230. The van der Waals surface area contributed by atoms with Crippen molar-refractivity contribution in [3.8, 4) is 0 Å². The summed E-state index contributed by atoms with van der Waals surface area (Å²) in [7, 11) is 3.25. The van der Waals surface area contributed by atoms with Gasteiger partial charge in [0.15, 0.2) is 0 Å². The topological polar surface area (TPSA) is 24.4 Å². The van der Waals surface area contributed by atoms with Gasteiger partial charge in [-0.1, -0.05) is 138 Å². The van der Waals surface area contributed by atoms with E-state index >= 15 is 0 Å². The molecule has 0 aliphatic rings. The summed E-state index contributed by atoms with van der Waals surface area (Å²) in [5, 5.41) is 3.79. The molecule has 0 aromatic heterocycles. The number of thiocarbonyl (C=S) groups is 1.